The van der Waals surface area contributed by atoms with Gasteiger partial charge in [-0.1, -0.05) is 33.8 Å². The summed E-state index contributed by atoms with van der Waals surface area (Å²) in [5.41, 5.74) is 7.72. The van der Waals surface area contributed by atoms with E-state index in [4.69, 9.17) is 29.4 Å². The molecule has 1 fully saturated rings. The molecule has 0 saturated carbocycles. The van der Waals surface area contributed by atoms with E-state index in [1.165, 1.54) is 0 Å². The number of methoxy groups -OCH3 is 3. The van der Waals surface area contributed by atoms with Crippen LogP contribution >= 0.6 is 0 Å². The van der Waals surface area contributed by atoms with Gasteiger partial charge in [0, 0.05) is 39.2 Å². The molecule has 4 N–H and O–H groups in total. The smallest absolute Gasteiger partial charge is 0.223 e. The van der Waals surface area contributed by atoms with Crippen LogP contribution in [0.1, 0.15) is 65.4 Å². The maximum Gasteiger partial charge on any atom is 0.223 e. The van der Waals surface area contributed by atoms with Crippen molar-refractivity contribution >= 4 is 5.91 Å². The summed E-state index contributed by atoms with van der Waals surface area (Å²) in [6, 6.07) is 5.53. The van der Waals surface area contributed by atoms with Crippen LogP contribution in [0.4, 0.5) is 0 Å². The van der Waals surface area contributed by atoms with Crippen LogP contribution in [0.2, 0.25) is 0 Å². The molecule has 236 valence electrons. The highest BCUT2D eigenvalue weighted by atomic mass is 16.5. The minimum Gasteiger partial charge on any atom is -0.493 e. The van der Waals surface area contributed by atoms with Crippen LogP contribution in [0.15, 0.2) is 18.2 Å². The molecule has 0 aliphatic carbocycles. The monoisotopic (exact) mass is 580 g/mol. The summed E-state index contributed by atoms with van der Waals surface area (Å²) in [6.07, 6.45) is 3.49. The lowest BCUT2D eigenvalue weighted by atomic mass is 9.80. The van der Waals surface area contributed by atoms with E-state index in [9.17, 15) is 9.90 Å². The number of aliphatic hydroxyl groups excluding tert-OH is 1. The number of rotatable bonds is 18. The van der Waals surface area contributed by atoms with Gasteiger partial charge in [0.05, 0.1) is 45.2 Å². The van der Waals surface area contributed by atoms with Crippen molar-refractivity contribution in [3.05, 3.63) is 23.8 Å². The first kappa shape index (κ1) is 35.3. The Morgan fingerprint density at radius 1 is 1.05 bits per heavy atom. The average Bonchev–Trinajstić information content (AvgIpc) is 3.18. The fourth-order valence-electron chi connectivity index (χ4n) is 5.37. The number of hydrogen-bond acceptors (Lipinski definition) is 8. The largest absolute Gasteiger partial charge is 0.493 e. The van der Waals surface area contributed by atoms with Gasteiger partial charge < -0.3 is 39.8 Å². The Morgan fingerprint density at radius 2 is 1.80 bits per heavy atom. The molecule has 41 heavy (non-hydrogen) atoms. The fourth-order valence-corrected chi connectivity index (χ4v) is 5.37. The fraction of sp³-hybridized carbons (Fsp3) is 0.781. The molecule has 9 nitrogen and oxygen atoms in total. The first-order chi connectivity index (χ1) is 19.6. The van der Waals surface area contributed by atoms with Crippen LogP contribution in [-0.2, 0) is 25.4 Å². The second-order valence-corrected chi connectivity index (χ2v) is 12.1. The molecular formula is C32H56N2O7. The molecule has 1 saturated heterocycles. The normalized spacial score (nSPS) is 20.8. The molecule has 2 rings (SSSR count). The lowest BCUT2D eigenvalue weighted by Crippen LogP contribution is -2.46. The first-order valence-electron chi connectivity index (χ1n) is 15.2. The number of carbonyl (C=O) groups is 1. The number of nitrogens with two attached hydrogens (primary N) is 1. The third-order valence-electron chi connectivity index (χ3n) is 8.26. The predicted molar refractivity (Wildman–Crippen MR) is 161 cm³/mol. The number of amides is 1. The van der Waals surface area contributed by atoms with Crippen molar-refractivity contribution in [1.82, 2.24) is 5.32 Å². The highest BCUT2D eigenvalue weighted by molar-refractivity contribution is 5.79. The molecule has 6 atom stereocenters. The van der Waals surface area contributed by atoms with Gasteiger partial charge in [-0.2, -0.15) is 0 Å². The Labute approximate surface area is 247 Å². The summed E-state index contributed by atoms with van der Waals surface area (Å²) < 4.78 is 27.7. The number of aliphatic hydroxyl groups is 1. The van der Waals surface area contributed by atoms with Gasteiger partial charge in [0.15, 0.2) is 11.5 Å². The maximum absolute atomic E-state index is 13.3. The van der Waals surface area contributed by atoms with Gasteiger partial charge in [0.2, 0.25) is 5.91 Å². The summed E-state index contributed by atoms with van der Waals surface area (Å²) in [5.74, 6) is 1.70. The van der Waals surface area contributed by atoms with E-state index < -0.39 is 12.1 Å². The second-order valence-electron chi connectivity index (χ2n) is 12.1. The Hall–Kier alpha value is -1.91. The van der Waals surface area contributed by atoms with E-state index in [1.54, 1.807) is 21.3 Å². The van der Waals surface area contributed by atoms with Crippen molar-refractivity contribution in [3.8, 4) is 11.5 Å². The van der Waals surface area contributed by atoms with E-state index in [0.717, 1.165) is 37.0 Å². The Bertz CT molecular complexity index is 882. The molecule has 1 heterocycles. The zero-order valence-electron chi connectivity index (χ0n) is 26.4. The minimum atomic E-state index is -0.784. The quantitative estimate of drug-likeness (QED) is 0.223. The number of benzene rings is 1. The molecule has 1 aromatic carbocycles. The summed E-state index contributed by atoms with van der Waals surface area (Å²) in [7, 11) is 5.00. The maximum atomic E-state index is 13.3. The standard InChI is InChI=1S/C32H56N2O7/c1-21(2)24(15-23-9-12-30(39-7)31(16-23)41-14-8-13-37-5)17-28(33)29(35)18-27(22(3)4)32(36)34-25-10-11-26(38-6)20-40-19-25/h9,12,16,21-22,24-29,35H,8,10-11,13-15,17-20,33H2,1-7H3,(H,34,36). The second kappa shape index (κ2) is 18.6. The lowest BCUT2D eigenvalue weighted by molar-refractivity contribution is -0.128. The molecular weight excluding hydrogens is 524 g/mol. The van der Waals surface area contributed by atoms with Gasteiger partial charge in [0.25, 0.3) is 0 Å². The van der Waals surface area contributed by atoms with Crippen molar-refractivity contribution in [2.45, 2.75) is 90.5 Å². The van der Waals surface area contributed by atoms with Crippen molar-refractivity contribution in [2.24, 2.45) is 29.4 Å². The summed E-state index contributed by atoms with van der Waals surface area (Å²) in [5, 5.41) is 14.3. The van der Waals surface area contributed by atoms with Crippen LogP contribution < -0.4 is 20.5 Å². The van der Waals surface area contributed by atoms with Crippen molar-refractivity contribution < 1.29 is 33.6 Å². The summed E-state index contributed by atoms with van der Waals surface area (Å²) in [4.78, 5) is 13.3. The van der Waals surface area contributed by atoms with Crippen LogP contribution in [-0.4, -0.2) is 83.1 Å². The minimum absolute atomic E-state index is 0.0487. The van der Waals surface area contributed by atoms with Gasteiger partial charge in [0.1, 0.15) is 0 Å². The van der Waals surface area contributed by atoms with Gasteiger partial charge in [-0.25, -0.2) is 0 Å². The van der Waals surface area contributed by atoms with Crippen LogP contribution in [0.5, 0.6) is 11.5 Å². The Morgan fingerprint density at radius 3 is 2.44 bits per heavy atom. The zero-order valence-corrected chi connectivity index (χ0v) is 26.4. The molecule has 0 aromatic heterocycles. The summed E-state index contributed by atoms with van der Waals surface area (Å²) >= 11 is 0. The third-order valence-corrected chi connectivity index (χ3v) is 8.26. The van der Waals surface area contributed by atoms with Crippen molar-refractivity contribution in [1.29, 1.82) is 0 Å². The number of nitrogens with one attached hydrogen (secondary N) is 1. The average molecular weight is 581 g/mol. The van der Waals surface area contributed by atoms with Gasteiger partial charge in [-0.3, -0.25) is 4.79 Å². The molecule has 1 aliphatic heterocycles. The van der Waals surface area contributed by atoms with Gasteiger partial charge in [-0.15, -0.1) is 0 Å². The third kappa shape index (κ3) is 12.1. The van der Waals surface area contributed by atoms with E-state index in [1.807, 2.05) is 26.0 Å². The number of carbonyl (C=O) groups excluding carboxylic acids is 1. The molecule has 9 heteroatoms. The van der Waals surface area contributed by atoms with Gasteiger partial charge >= 0.3 is 0 Å². The highest BCUT2D eigenvalue weighted by Crippen LogP contribution is 2.32. The van der Waals surface area contributed by atoms with Crippen molar-refractivity contribution in [2.75, 3.05) is 47.8 Å². The predicted octanol–water partition coefficient (Wildman–Crippen LogP) is 3.98. The topological polar surface area (TPSA) is 122 Å². The van der Waals surface area contributed by atoms with E-state index >= 15 is 0 Å². The molecule has 1 amide bonds. The summed E-state index contributed by atoms with van der Waals surface area (Å²) in [6.45, 7) is 10.6. The van der Waals surface area contributed by atoms with Crippen LogP contribution in [0.25, 0.3) is 0 Å². The van der Waals surface area contributed by atoms with E-state index in [-0.39, 0.29) is 35.8 Å². The molecule has 0 bridgehead atoms. The van der Waals surface area contributed by atoms with Gasteiger partial charge in [-0.05, 0) is 67.6 Å². The molecule has 6 unspecified atom stereocenters. The van der Waals surface area contributed by atoms with Crippen molar-refractivity contribution in [3.63, 3.8) is 0 Å². The number of hydrogen-bond donors (Lipinski definition) is 3. The highest BCUT2D eigenvalue weighted by Gasteiger charge is 2.31. The molecule has 0 spiro atoms. The van der Waals surface area contributed by atoms with Crippen LogP contribution in [0.3, 0.4) is 0 Å². The molecule has 1 aromatic rings. The molecule has 1 aliphatic rings. The van der Waals surface area contributed by atoms with E-state index in [0.29, 0.717) is 50.9 Å². The number of ether oxygens (including phenoxy) is 5. The Balaban J connectivity index is 1.99. The van der Waals surface area contributed by atoms with E-state index in [2.05, 4.69) is 25.2 Å². The first-order valence-corrected chi connectivity index (χ1v) is 15.2. The van der Waals surface area contributed by atoms with Crippen LogP contribution in [0, 0.1) is 23.7 Å². The SMILES string of the molecule is COCCCOc1cc(CC(CC(N)C(O)CC(C(=O)NC2CCC(OC)COC2)C(C)C)C(C)C)ccc1OC. The zero-order chi connectivity index (χ0) is 30.4. The lowest BCUT2D eigenvalue weighted by Gasteiger charge is -2.30. The molecule has 0 radical (unpaired) electrons. The Kier molecular flexibility index (Phi) is 16.0.